The zero-order valence-corrected chi connectivity index (χ0v) is 16.7. The molecule has 1 atom stereocenters. The van der Waals surface area contributed by atoms with Crippen molar-refractivity contribution in [1.29, 1.82) is 0 Å². The lowest BCUT2D eigenvalue weighted by atomic mass is 10.1. The second kappa shape index (κ2) is 9.32. The molecule has 1 fully saturated rings. The van der Waals surface area contributed by atoms with Gasteiger partial charge in [-0.3, -0.25) is 14.5 Å². The fourth-order valence-electron chi connectivity index (χ4n) is 3.07. The molecular weight excluding hydrogens is 384 g/mol. The van der Waals surface area contributed by atoms with Crippen molar-refractivity contribution in [3.63, 3.8) is 0 Å². The molecule has 0 radical (unpaired) electrons. The number of likely N-dealkylation sites (N-methyl/N-ethyl adjacent to an activating group) is 1. The van der Waals surface area contributed by atoms with Crippen molar-refractivity contribution < 1.29 is 9.59 Å². The first-order valence-corrected chi connectivity index (χ1v) is 10.1. The summed E-state index contributed by atoms with van der Waals surface area (Å²) in [5.74, 6) is -1.38. The van der Waals surface area contributed by atoms with Gasteiger partial charge in [-0.15, -0.1) is 0 Å². The normalized spacial score (nSPS) is 16.7. The highest BCUT2D eigenvalue weighted by Gasteiger charge is 2.25. The van der Waals surface area contributed by atoms with Crippen LogP contribution >= 0.6 is 22.9 Å². The number of para-hydroxylation sites is 1. The number of piperazine rings is 1. The lowest BCUT2D eigenvalue weighted by molar-refractivity contribution is -0.136. The number of carbonyl (C=O) groups excluding carboxylic acids is 2. The van der Waals surface area contributed by atoms with E-state index in [9.17, 15) is 9.59 Å². The van der Waals surface area contributed by atoms with Gasteiger partial charge in [0.15, 0.2) is 0 Å². The third-order valence-corrected chi connectivity index (χ3v) is 5.72. The topological polar surface area (TPSA) is 64.7 Å². The largest absolute Gasteiger partial charge is 0.346 e. The Morgan fingerprint density at radius 1 is 1.15 bits per heavy atom. The molecule has 2 heterocycles. The summed E-state index contributed by atoms with van der Waals surface area (Å²) in [7, 11) is 2.11. The smallest absolute Gasteiger partial charge is 0.313 e. The van der Waals surface area contributed by atoms with E-state index in [0.717, 1.165) is 31.7 Å². The minimum atomic E-state index is -0.717. The van der Waals surface area contributed by atoms with Crippen LogP contribution in [0.15, 0.2) is 41.1 Å². The molecule has 0 unspecified atom stereocenters. The van der Waals surface area contributed by atoms with Gasteiger partial charge in [0.25, 0.3) is 0 Å². The summed E-state index contributed by atoms with van der Waals surface area (Å²) >= 11 is 7.66. The van der Waals surface area contributed by atoms with Gasteiger partial charge < -0.3 is 15.5 Å². The van der Waals surface area contributed by atoms with Crippen LogP contribution < -0.4 is 10.6 Å². The van der Waals surface area contributed by atoms with Gasteiger partial charge in [-0.05, 0) is 41.6 Å². The number of rotatable bonds is 5. The molecule has 0 saturated carbocycles. The Labute approximate surface area is 168 Å². The third kappa shape index (κ3) is 5.29. The average molecular weight is 407 g/mol. The predicted molar refractivity (Wildman–Crippen MR) is 109 cm³/mol. The van der Waals surface area contributed by atoms with E-state index in [2.05, 4.69) is 38.9 Å². The van der Waals surface area contributed by atoms with Gasteiger partial charge in [0, 0.05) is 32.7 Å². The van der Waals surface area contributed by atoms with E-state index in [0.29, 0.717) is 17.3 Å². The average Bonchev–Trinajstić information content (AvgIpc) is 3.19. The Bertz CT molecular complexity index is 776. The van der Waals surface area contributed by atoms with Crippen molar-refractivity contribution in [1.82, 2.24) is 15.1 Å². The van der Waals surface area contributed by atoms with Gasteiger partial charge in [-0.1, -0.05) is 23.7 Å². The van der Waals surface area contributed by atoms with Gasteiger partial charge in [-0.25, -0.2) is 0 Å². The van der Waals surface area contributed by atoms with Gasteiger partial charge in [-0.2, -0.15) is 11.3 Å². The summed E-state index contributed by atoms with van der Waals surface area (Å²) in [4.78, 5) is 29.1. The van der Waals surface area contributed by atoms with Gasteiger partial charge in [0.2, 0.25) is 0 Å². The van der Waals surface area contributed by atoms with Crippen LogP contribution in [0.1, 0.15) is 11.6 Å². The lowest BCUT2D eigenvalue weighted by Crippen LogP contribution is -2.49. The van der Waals surface area contributed by atoms with Crippen molar-refractivity contribution in [2.45, 2.75) is 6.04 Å². The van der Waals surface area contributed by atoms with E-state index in [1.807, 2.05) is 5.38 Å². The molecule has 144 valence electrons. The zero-order chi connectivity index (χ0) is 19.2. The standard InChI is InChI=1S/C19H23ClN4O2S/c1-23-7-9-24(10-8-23)17(14-6-11-27-13-14)12-21-18(25)19(26)22-16-5-3-2-4-15(16)20/h2-6,11,13,17H,7-10,12H2,1H3,(H,21,25)(H,22,26)/t17-/m0/s1. The molecule has 8 heteroatoms. The molecule has 2 aromatic rings. The fourth-order valence-corrected chi connectivity index (χ4v) is 3.96. The minimum Gasteiger partial charge on any atom is -0.346 e. The van der Waals surface area contributed by atoms with Crippen LogP contribution in [0.25, 0.3) is 0 Å². The van der Waals surface area contributed by atoms with Crippen LogP contribution in [0, 0.1) is 0 Å². The number of anilines is 1. The summed E-state index contributed by atoms with van der Waals surface area (Å²) in [6.07, 6.45) is 0. The second-order valence-corrected chi connectivity index (χ2v) is 7.74. The first-order valence-electron chi connectivity index (χ1n) is 8.83. The molecule has 1 aromatic heterocycles. The van der Waals surface area contributed by atoms with Crippen molar-refractivity contribution >= 4 is 40.4 Å². The number of hydrogen-bond acceptors (Lipinski definition) is 5. The lowest BCUT2D eigenvalue weighted by Gasteiger charge is -2.37. The Morgan fingerprint density at radius 3 is 2.56 bits per heavy atom. The molecule has 6 nitrogen and oxygen atoms in total. The number of hydrogen-bond donors (Lipinski definition) is 2. The predicted octanol–water partition coefficient (Wildman–Crippen LogP) is 2.44. The van der Waals surface area contributed by atoms with Crippen molar-refractivity contribution in [3.8, 4) is 0 Å². The second-order valence-electron chi connectivity index (χ2n) is 6.56. The highest BCUT2D eigenvalue weighted by molar-refractivity contribution is 7.08. The molecule has 1 aromatic carbocycles. The van der Waals surface area contributed by atoms with Gasteiger partial charge in [0.1, 0.15) is 0 Å². The maximum atomic E-state index is 12.3. The summed E-state index contributed by atoms with van der Waals surface area (Å²) < 4.78 is 0. The molecule has 1 saturated heterocycles. The van der Waals surface area contributed by atoms with E-state index in [1.54, 1.807) is 35.6 Å². The van der Waals surface area contributed by atoms with E-state index in [4.69, 9.17) is 11.6 Å². The molecule has 0 bridgehead atoms. The van der Waals surface area contributed by atoms with Crippen molar-refractivity contribution in [2.75, 3.05) is 45.1 Å². The summed E-state index contributed by atoms with van der Waals surface area (Å²) in [5, 5.41) is 9.85. The molecule has 0 aliphatic carbocycles. The third-order valence-electron chi connectivity index (χ3n) is 4.69. The maximum absolute atomic E-state index is 12.3. The monoisotopic (exact) mass is 406 g/mol. The van der Waals surface area contributed by atoms with E-state index < -0.39 is 11.8 Å². The molecule has 27 heavy (non-hydrogen) atoms. The van der Waals surface area contributed by atoms with Crippen LogP contribution in [0.2, 0.25) is 5.02 Å². The highest BCUT2D eigenvalue weighted by atomic mass is 35.5. The molecule has 0 spiro atoms. The fraction of sp³-hybridized carbons (Fsp3) is 0.368. The molecule has 3 rings (SSSR count). The Balaban J connectivity index is 1.60. The molecule has 1 aliphatic heterocycles. The van der Waals surface area contributed by atoms with Crippen molar-refractivity contribution in [2.24, 2.45) is 0 Å². The van der Waals surface area contributed by atoms with E-state index in [1.165, 1.54) is 0 Å². The van der Waals surface area contributed by atoms with Crippen LogP contribution in [-0.2, 0) is 9.59 Å². The number of nitrogens with one attached hydrogen (secondary N) is 2. The molecule has 1 aliphatic rings. The van der Waals surface area contributed by atoms with Gasteiger partial charge >= 0.3 is 11.8 Å². The first kappa shape index (κ1) is 19.8. The number of thiophene rings is 1. The van der Waals surface area contributed by atoms with Crippen LogP contribution in [-0.4, -0.2) is 61.4 Å². The molecular formula is C19H23ClN4O2S. The quantitative estimate of drug-likeness (QED) is 0.748. The van der Waals surface area contributed by atoms with Gasteiger partial charge in [0.05, 0.1) is 16.8 Å². The first-order chi connectivity index (χ1) is 13.0. The number of carbonyl (C=O) groups is 2. The number of nitrogens with zero attached hydrogens (tertiary/aromatic N) is 2. The Morgan fingerprint density at radius 2 is 1.89 bits per heavy atom. The van der Waals surface area contributed by atoms with Crippen LogP contribution in [0.4, 0.5) is 5.69 Å². The molecule has 2 N–H and O–H groups in total. The Kier molecular flexibility index (Phi) is 6.84. The van der Waals surface area contributed by atoms with E-state index >= 15 is 0 Å². The Hall–Kier alpha value is -1.93. The van der Waals surface area contributed by atoms with Crippen LogP contribution in [0.5, 0.6) is 0 Å². The molecule has 2 amide bonds. The number of amides is 2. The zero-order valence-electron chi connectivity index (χ0n) is 15.2. The maximum Gasteiger partial charge on any atom is 0.313 e. The van der Waals surface area contributed by atoms with E-state index in [-0.39, 0.29) is 6.04 Å². The van der Waals surface area contributed by atoms with Crippen molar-refractivity contribution in [3.05, 3.63) is 51.7 Å². The number of benzene rings is 1. The van der Waals surface area contributed by atoms with Crippen LogP contribution in [0.3, 0.4) is 0 Å². The summed E-state index contributed by atoms with van der Waals surface area (Å²) in [6.45, 7) is 4.22. The minimum absolute atomic E-state index is 0.0574. The highest BCUT2D eigenvalue weighted by Crippen LogP contribution is 2.24. The summed E-state index contributed by atoms with van der Waals surface area (Å²) in [6, 6.07) is 8.96. The SMILES string of the molecule is CN1CCN([C@@H](CNC(=O)C(=O)Nc2ccccc2Cl)c2ccsc2)CC1. The summed E-state index contributed by atoms with van der Waals surface area (Å²) in [5.41, 5.74) is 1.59. The number of halogens is 1.